The number of halogens is 1. The van der Waals surface area contributed by atoms with Gasteiger partial charge in [0.1, 0.15) is 13.9 Å². The van der Waals surface area contributed by atoms with E-state index in [9.17, 15) is 9.18 Å². The van der Waals surface area contributed by atoms with Crippen molar-refractivity contribution < 1.29 is 9.18 Å². The Labute approximate surface area is 83.1 Å². The smallest absolute Gasteiger partial charge is 0.253 e. The fourth-order valence-corrected chi connectivity index (χ4v) is 4.05. The summed E-state index contributed by atoms with van der Waals surface area (Å²) in [7, 11) is -1.66. The van der Waals surface area contributed by atoms with Crippen LogP contribution < -0.4 is 10.5 Å². The van der Waals surface area contributed by atoms with Crippen LogP contribution in [0.25, 0.3) is 0 Å². The van der Waals surface area contributed by atoms with Crippen molar-refractivity contribution >= 4 is 19.2 Å². The van der Waals surface area contributed by atoms with E-state index in [1.165, 1.54) is 6.07 Å². The molecule has 0 aromatic heterocycles. The van der Waals surface area contributed by atoms with Crippen LogP contribution in [0.2, 0.25) is 13.1 Å². The first-order valence-electron chi connectivity index (χ1n) is 4.59. The van der Waals surface area contributed by atoms with Crippen LogP contribution in [0.3, 0.4) is 0 Å². The van der Waals surface area contributed by atoms with Gasteiger partial charge in [-0.1, -0.05) is 25.2 Å². The molecule has 1 aromatic carbocycles. The van der Waals surface area contributed by atoms with E-state index in [-0.39, 0.29) is 11.5 Å². The normalized spacial score (nSPS) is 18.6. The summed E-state index contributed by atoms with van der Waals surface area (Å²) in [6, 6.07) is 4.90. The number of carbonyl (C=O) groups excluding carboxylic acids is 1. The summed E-state index contributed by atoms with van der Waals surface area (Å²) in [6.07, 6.45) is 0.697. The molecular formula is C10H12FNOSi. The van der Waals surface area contributed by atoms with Crippen LogP contribution in [-0.4, -0.2) is 20.1 Å². The Kier molecular flexibility index (Phi) is 1.96. The Morgan fingerprint density at radius 3 is 2.79 bits per heavy atom. The number of rotatable bonds is 0. The molecule has 0 fully saturated rings. The third-order valence-electron chi connectivity index (χ3n) is 2.66. The highest BCUT2D eigenvalue weighted by Gasteiger charge is 2.34. The van der Waals surface area contributed by atoms with Crippen LogP contribution in [0.15, 0.2) is 18.2 Å². The summed E-state index contributed by atoms with van der Waals surface area (Å²) in [5, 5.41) is 3.68. The standard InChI is InChI=1S/C10H12FNOSi/c1-14(2)6-12-10(13)9-7(11)4-3-5-8(9)14/h3-5H,6H2,1-2H3,(H,12,13). The van der Waals surface area contributed by atoms with Crippen molar-refractivity contribution in [1.82, 2.24) is 5.32 Å². The Morgan fingerprint density at radius 1 is 1.43 bits per heavy atom. The number of carbonyl (C=O) groups is 1. The third-order valence-corrected chi connectivity index (χ3v) is 5.60. The second-order valence-corrected chi connectivity index (χ2v) is 8.89. The van der Waals surface area contributed by atoms with E-state index in [1.54, 1.807) is 6.07 Å². The number of nitrogens with one attached hydrogen (secondary N) is 1. The summed E-state index contributed by atoms with van der Waals surface area (Å²) in [6.45, 7) is 4.26. The molecule has 4 heteroatoms. The van der Waals surface area contributed by atoms with Gasteiger partial charge in [0.15, 0.2) is 0 Å². The number of amides is 1. The molecule has 1 amide bonds. The summed E-state index contributed by atoms with van der Waals surface area (Å²) in [5.74, 6) is -0.676. The van der Waals surface area contributed by atoms with E-state index in [4.69, 9.17) is 0 Å². The molecule has 0 saturated heterocycles. The molecular weight excluding hydrogens is 197 g/mol. The lowest BCUT2D eigenvalue weighted by Gasteiger charge is -2.30. The minimum atomic E-state index is -1.66. The van der Waals surface area contributed by atoms with Crippen LogP contribution in [-0.2, 0) is 0 Å². The molecule has 0 spiro atoms. The van der Waals surface area contributed by atoms with Gasteiger partial charge in [0.2, 0.25) is 0 Å². The van der Waals surface area contributed by atoms with E-state index in [0.717, 1.165) is 5.19 Å². The van der Waals surface area contributed by atoms with Gasteiger partial charge in [-0.2, -0.15) is 0 Å². The molecule has 2 nitrogen and oxygen atoms in total. The summed E-state index contributed by atoms with van der Waals surface area (Å²) >= 11 is 0. The minimum Gasteiger partial charge on any atom is -0.354 e. The highest BCUT2D eigenvalue weighted by Crippen LogP contribution is 2.14. The number of benzene rings is 1. The molecule has 1 aromatic rings. The SMILES string of the molecule is C[Si]1(C)CNC(=O)c2c(F)cccc21. The summed E-state index contributed by atoms with van der Waals surface area (Å²) in [4.78, 5) is 11.5. The van der Waals surface area contributed by atoms with E-state index in [2.05, 4.69) is 18.4 Å². The van der Waals surface area contributed by atoms with Crippen LogP contribution >= 0.6 is 0 Å². The highest BCUT2D eigenvalue weighted by molar-refractivity contribution is 6.91. The van der Waals surface area contributed by atoms with Crippen LogP contribution in [0.5, 0.6) is 0 Å². The van der Waals surface area contributed by atoms with Gasteiger partial charge < -0.3 is 5.32 Å². The Balaban J connectivity index is 2.69. The maximum atomic E-state index is 13.4. The summed E-state index contributed by atoms with van der Waals surface area (Å²) < 4.78 is 13.4. The molecule has 74 valence electrons. The lowest BCUT2D eigenvalue weighted by Crippen LogP contribution is -2.59. The van der Waals surface area contributed by atoms with E-state index in [0.29, 0.717) is 6.17 Å². The Hall–Kier alpha value is -1.16. The molecule has 1 aliphatic heterocycles. The zero-order valence-corrected chi connectivity index (χ0v) is 9.23. The van der Waals surface area contributed by atoms with Gasteiger partial charge in [-0.25, -0.2) is 4.39 Å². The Bertz CT molecular complexity index is 403. The number of fused-ring (bicyclic) bond motifs is 1. The fraction of sp³-hybridized carbons (Fsp3) is 0.300. The maximum Gasteiger partial charge on any atom is 0.253 e. The molecule has 14 heavy (non-hydrogen) atoms. The summed E-state index contributed by atoms with van der Waals surface area (Å²) in [5.41, 5.74) is 0.260. The van der Waals surface area contributed by atoms with Gasteiger partial charge in [0, 0.05) is 6.17 Å². The van der Waals surface area contributed by atoms with Crippen molar-refractivity contribution in [3.63, 3.8) is 0 Å². The molecule has 1 aliphatic rings. The Morgan fingerprint density at radius 2 is 2.14 bits per heavy atom. The zero-order chi connectivity index (χ0) is 10.3. The molecule has 0 unspecified atom stereocenters. The van der Waals surface area contributed by atoms with Crippen molar-refractivity contribution in [2.45, 2.75) is 13.1 Å². The second-order valence-electron chi connectivity index (χ2n) is 4.23. The lowest BCUT2D eigenvalue weighted by molar-refractivity contribution is 0.0954. The van der Waals surface area contributed by atoms with E-state index in [1.807, 2.05) is 6.07 Å². The molecule has 0 atom stereocenters. The first-order chi connectivity index (χ1) is 6.52. The fourth-order valence-electron chi connectivity index (χ4n) is 1.80. The minimum absolute atomic E-state index is 0.260. The van der Waals surface area contributed by atoms with Crippen molar-refractivity contribution in [3.05, 3.63) is 29.6 Å². The van der Waals surface area contributed by atoms with Gasteiger partial charge in [-0.05, 0) is 11.3 Å². The van der Waals surface area contributed by atoms with Gasteiger partial charge in [0.25, 0.3) is 5.91 Å². The lowest BCUT2D eigenvalue weighted by atomic mass is 10.2. The highest BCUT2D eigenvalue weighted by atomic mass is 28.3. The topological polar surface area (TPSA) is 29.1 Å². The van der Waals surface area contributed by atoms with Gasteiger partial charge >= 0.3 is 0 Å². The molecule has 0 saturated carbocycles. The number of hydrogen-bond donors (Lipinski definition) is 1. The van der Waals surface area contributed by atoms with Crippen LogP contribution in [0, 0.1) is 5.82 Å². The average molecular weight is 209 g/mol. The molecule has 0 aliphatic carbocycles. The van der Waals surface area contributed by atoms with E-state index < -0.39 is 13.9 Å². The second kappa shape index (κ2) is 2.92. The first kappa shape index (κ1) is 9.39. The molecule has 1 heterocycles. The van der Waals surface area contributed by atoms with Crippen LogP contribution in [0.1, 0.15) is 10.4 Å². The monoisotopic (exact) mass is 209 g/mol. The van der Waals surface area contributed by atoms with Crippen LogP contribution in [0.4, 0.5) is 4.39 Å². The maximum absolute atomic E-state index is 13.4. The zero-order valence-electron chi connectivity index (χ0n) is 8.23. The average Bonchev–Trinajstić information content (AvgIpc) is 2.12. The molecule has 2 rings (SSSR count). The predicted octanol–water partition coefficient (Wildman–Crippen LogP) is 1.02. The van der Waals surface area contributed by atoms with Crippen molar-refractivity contribution in [2.75, 3.05) is 6.17 Å². The molecule has 0 radical (unpaired) electrons. The van der Waals surface area contributed by atoms with Gasteiger partial charge in [0.05, 0.1) is 5.56 Å². The molecule has 1 N–H and O–H groups in total. The number of hydrogen-bond acceptors (Lipinski definition) is 1. The van der Waals surface area contributed by atoms with Crippen molar-refractivity contribution in [2.24, 2.45) is 0 Å². The first-order valence-corrected chi connectivity index (χ1v) is 7.80. The van der Waals surface area contributed by atoms with Crippen molar-refractivity contribution in [3.8, 4) is 0 Å². The predicted molar refractivity (Wildman–Crippen MR) is 55.8 cm³/mol. The quantitative estimate of drug-likeness (QED) is 0.635. The van der Waals surface area contributed by atoms with Gasteiger partial charge in [-0.3, -0.25) is 4.79 Å². The van der Waals surface area contributed by atoms with Crippen molar-refractivity contribution in [1.29, 1.82) is 0 Å². The van der Waals surface area contributed by atoms with Gasteiger partial charge in [-0.15, -0.1) is 0 Å². The third kappa shape index (κ3) is 1.26. The largest absolute Gasteiger partial charge is 0.354 e. The van der Waals surface area contributed by atoms with E-state index >= 15 is 0 Å². The molecule has 0 bridgehead atoms.